The van der Waals surface area contributed by atoms with Crippen LogP contribution in [-0.2, 0) is 0 Å². The van der Waals surface area contributed by atoms with Crippen molar-refractivity contribution >= 4 is 5.69 Å². The van der Waals surface area contributed by atoms with Gasteiger partial charge in [0.1, 0.15) is 6.33 Å². The zero-order chi connectivity index (χ0) is 12.4. The first-order chi connectivity index (χ1) is 8.79. The van der Waals surface area contributed by atoms with E-state index in [2.05, 4.69) is 27.1 Å². The molecule has 0 aromatic carbocycles. The summed E-state index contributed by atoms with van der Waals surface area (Å²) in [4.78, 5) is 10.8. The second-order valence-electron chi connectivity index (χ2n) is 5.80. The van der Waals surface area contributed by atoms with Crippen LogP contribution in [0.1, 0.15) is 39.0 Å². The second kappa shape index (κ2) is 4.84. The fourth-order valence-corrected chi connectivity index (χ4v) is 3.36. The van der Waals surface area contributed by atoms with Crippen LogP contribution < -0.4 is 10.2 Å². The lowest BCUT2D eigenvalue weighted by Crippen LogP contribution is -2.64. The van der Waals surface area contributed by atoms with E-state index in [1.807, 2.05) is 12.4 Å². The van der Waals surface area contributed by atoms with Crippen LogP contribution in [0.4, 0.5) is 5.69 Å². The lowest BCUT2D eigenvalue weighted by atomic mass is 9.79. The molecule has 98 valence electrons. The van der Waals surface area contributed by atoms with Crippen molar-refractivity contribution in [2.75, 3.05) is 18.0 Å². The molecule has 1 saturated carbocycles. The normalized spacial score (nSPS) is 27.4. The SMILES string of the molecule is CC1CNC2(CCCCC2)CN1c1cncnc1. The predicted molar refractivity (Wildman–Crippen MR) is 72.7 cm³/mol. The highest BCUT2D eigenvalue weighted by atomic mass is 15.3. The highest BCUT2D eigenvalue weighted by molar-refractivity contribution is 5.44. The Bertz CT molecular complexity index is 386. The Kier molecular flexibility index (Phi) is 3.20. The minimum absolute atomic E-state index is 0.334. The molecule has 1 unspecified atom stereocenters. The number of nitrogens with zero attached hydrogens (tertiary/aromatic N) is 3. The third kappa shape index (κ3) is 2.21. The van der Waals surface area contributed by atoms with E-state index in [-0.39, 0.29) is 0 Å². The summed E-state index contributed by atoms with van der Waals surface area (Å²) in [5, 5.41) is 3.80. The van der Waals surface area contributed by atoms with Crippen molar-refractivity contribution in [1.82, 2.24) is 15.3 Å². The zero-order valence-corrected chi connectivity index (χ0v) is 11.1. The number of nitrogens with one attached hydrogen (secondary N) is 1. The number of aromatic nitrogens is 2. The van der Waals surface area contributed by atoms with Crippen LogP contribution in [0.2, 0.25) is 0 Å². The molecular weight excluding hydrogens is 224 g/mol. The van der Waals surface area contributed by atoms with Crippen LogP contribution in [-0.4, -0.2) is 34.6 Å². The Morgan fingerprint density at radius 3 is 2.67 bits per heavy atom. The highest BCUT2D eigenvalue weighted by Crippen LogP contribution is 2.33. The molecule has 1 atom stereocenters. The maximum absolute atomic E-state index is 4.15. The van der Waals surface area contributed by atoms with E-state index in [4.69, 9.17) is 0 Å². The van der Waals surface area contributed by atoms with Crippen molar-refractivity contribution in [3.05, 3.63) is 18.7 Å². The Labute approximate surface area is 109 Å². The smallest absolute Gasteiger partial charge is 0.115 e. The first-order valence-electron chi connectivity index (χ1n) is 7.06. The van der Waals surface area contributed by atoms with Gasteiger partial charge in [0.25, 0.3) is 0 Å². The van der Waals surface area contributed by atoms with E-state index in [1.54, 1.807) is 6.33 Å². The van der Waals surface area contributed by atoms with Crippen LogP contribution in [0.15, 0.2) is 18.7 Å². The summed E-state index contributed by atoms with van der Waals surface area (Å²) in [7, 11) is 0. The number of rotatable bonds is 1. The molecule has 2 fully saturated rings. The molecule has 1 saturated heterocycles. The number of piperazine rings is 1. The molecule has 1 spiro atoms. The highest BCUT2D eigenvalue weighted by Gasteiger charge is 2.38. The first-order valence-corrected chi connectivity index (χ1v) is 7.06. The second-order valence-corrected chi connectivity index (χ2v) is 5.80. The van der Waals surface area contributed by atoms with Gasteiger partial charge in [-0.25, -0.2) is 9.97 Å². The number of anilines is 1. The van der Waals surface area contributed by atoms with Gasteiger partial charge in [0.15, 0.2) is 0 Å². The number of hydrogen-bond donors (Lipinski definition) is 1. The summed E-state index contributed by atoms with van der Waals surface area (Å²) in [6, 6.07) is 0.517. The molecule has 0 bridgehead atoms. The molecular formula is C14H22N4. The predicted octanol–water partition coefficient (Wildman–Crippen LogP) is 1.98. The summed E-state index contributed by atoms with van der Waals surface area (Å²) < 4.78 is 0. The van der Waals surface area contributed by atoms with Gasteiger partial charge in [0.05, 0.1) is 18.1 Å². The summed E-state index contributed by atoms with van der Waals surface area (Å²) in [6.45, 7) is 4.44. The molecule has 1 aliphatic heterocycles. The van der Waals surface area contributed by atoms with Crippen LogP contribution in [0.5, 0.6) is 0 Å². The molecule has 4 nitrogen and oxygen atoms in total. The summed E-state index contributed by atoms with van der Waals surface area (Å²) in [6.07, 6.45) is 12.2. The molecule has 1 aromatic rings. The summed E-state index contributed by atoms with van der Waals surface area (Å²) >= 11 is 0. The molecule has 3 rings (SSSR count). The van der Waals surface area contributed by atoms with Crippen molar-refractivity contribution in [3.63, 3.8) is 0 Å². The monoisotopic (exact) mass is 246 g/mol. The van der Waals surface area contributed by atoms with Gasteiger partial charge in [-0.3, -0.25) is 0 Å². The van der Waals surface area contributed by atoms with Gasteiger partial charge in [-0.2, -0.15) is 0 Å². The van der Waals surface area contributed by atoms with Gasteiger partial charge in [-0.05, 0) is 19.8 Å². The van der Waals surface area contributed by atoms with Crippen molar-refractivity contribution in [2.45, 2.75) is 50.6 Å². The topological polar surface area (TPSA) is 41.0 Å². The zero-order valence-electron chi connectivity index (χ0n) is 11.1. The fraction of sp³-hybridized carbons (Fsp3) is 0.714. The Hall–Kier alpha value is -1.16. The first kappa shape index (κ1) is 11.9. The fourth-order valence-electron chi connectivity index (χ4n) is 3.36. The Morgan fingerprint density at radius 1 is 1.22 bits per heavy atom. The minimum Gasteiger partial charge on any atom is -0.363 e. The van der Waals surface area contributed by atoms with E-state index < -0.39 is 0 Å². The molecule has 0 radical (unpaired) electrons. The maximum Gasteiger partial charge on any atom is 0.115 e. The van der Waals surface area contributed by atoms with E-state index in [0.717, 1.165) is 18.8 Å². The third-order valence-electron chi connectivity index (χ3n) is 4.47. The van der Waals surface area contributed by atoms with Crippen molar-refractivity contribution in [1.29, 1.82) is 0 Å². The van der Waals surface area contributed by atoms with Crippen LogP contribution in [0.25, 0.3) is 0 Å². The summed E-state index contributed by atoms with van der Waals surface area (Å²) in [5.74, 6) is 0. The largest absolute Gasteiger partial charge is 0.363 e. The maximum atomic E-state index is 4.15. The van der Waals surface area contributed by atoms with Gasteiger partial charge in [-0.15, -0.1) is 0 Å². The van der Waals surface area contributed by atoms with Gasteiger partial charge in [0, 0.05) is 24.7 Å². The van der Waals surface area contributed by atoms with E-state index in [9.17, 15) is 0 Å². The molecule has 0 amide bonds. The lowest BCUT2D eigenvalue weighted by Gasteiger charge is -2.49. The van der Waals surface area contributed by atoms with Gasteiger partial charge in [0.2, 0.25) is 0 Å². The molecule has 4 heteroatoms. The molecule has 2 aliphatic rings. The Morgan fingerprint density at radius 2 is 1.94 bits per heavy atom. The van der Waals surface area contributed by atoms with Crippen LogP contribution in [0.3, 0.4) is 0 Å². The average molecular weight is 246 g/mol. The molecule has 1 aliphatic carbocycles. The molecule has 1 N–H and O–H groups in total. The van der Waals surface area contributed by atoms with Crippen LogP contribution >= 0.6 is 0 Å². The molecule has 2 heterocycles. The Balaban J connectivity index is 1.80. The molecule has 18 heavy (non-hydrogen) atoms. The van der Waals surface area contributed by atoms with Gasteiger partial charge >= 0.3 is 0 Å². The minimum atomic E-state index is 0.334. The average Bonchev–Trinajstić information content (AvgIpc) is 2.44. The standard InChI is InChI=1S/C14H22N4/c1-12-7-17-14(5-3-2-4-6-14)10-18(12)13-8-15-11-16-9-13/h8-9,11-12,17H,2-7,10H2,1H3. The van der Waals surface area contributed by atoms with Gasteiger partial charge in [-0.1, -0.05) is 19.3 Å². The summed E-state index contributed by atoms with van der Waals surface area (Å²) in [5.41, 5.74) is 1.50. The lowest BCUT2D eigenvalue weighted by molar-refractivity contribution is 0.200. The van der Waals surface area contributed by atoms with Gasteiger partial charge < -0.3 is 10.2 Å². The van der Waals surface area contributed by atoms with Crippen molar-refractivity contribution in [3.8, 4) is 0 Å². The molecule has 1 aromatic heterocycles. The van der Waals surface area contributed by atoms with Crippen molar-refractivity contribution < 1.29 is 0 Å². The third-order valence-corrected chi connectivity index (χ3v) is 4.47. The number of hydrogen-bond acceptors (Lipinski definition) is 4. The van der Waals surface area contributed by atoms with E-state index in [1.165, 1.54) is 32.1 Å². The van der Waals surface area contributed by atoms with Crippen molar-refractivity contribution in [2.24, 2.45) is 0 Å². The quantitative estimate of drug-likeness (QED) is 0.822. The van der Waals surface area contributed by atoms with Crippen LogP contribution in [0, 0.1) is 0 Å². The van der Waals surface area contributed by atoms with E-state index >= 15 is 0 Å². The van der Waals surface area contributed by atoms with E-state index in [0.29, 0.717) is 11.6 Å².